The highest BCUT2D eigenvalue weighted by Gasteiger charge is 2.21. The lowest BCUT2D eigenvalue weighted by atomic mass is 10.5. The molecule has 0 atom stereocenters. The maximum absolute atomic E-state index is 5.52. The Morgan fingerprint density at radius 2 is 2.27 bits per heavy atom. The van der Waals surface area contributed by atoms with Crippen LogP contribution in [0.4, 0.5) is 6.01 Å². The highest BCUT2D eigenvalue weighted by molar-refractivity contribution is 5.21. The Labute approximate surface area is 89.9 Å². The van der Waals surface area contributed by atoms with Crippen LogP contribution in [0.1, 0.15) is 32.1 Å². The first-order valence-electron chi connectivity index (χ1n) is 5.56. The number of hydrogen-bond acceptors (Lipinski definition) is 5. The zero-order valence-electron chi connectivity index (χ0n) is 9.36. The summed E-state index contributed by atoms with van der Waals surface area (Å²) in [6.07, 6.45) is 3.63. The van der Waals surface area contributed by atoms with Gasteiger partial charge in [0.15, 0.2) is 0 Å². The van der Waals surface area contributed by atoms with E-state index in [9.17, 15) is 0 Å². The predicted octanol–water partition coefficient (Wildman–Crippen LogP) is 1.17. The largest absolute Gasteiger partial charge is 0.407 e. The summed E-state index contributed by atoms with van der Waals surface area (Å²) >= 11 is 0. The molecule has 1 aromatic heterocycles. The second-order valence-electron chi connectivity index (χ2n) is 4.06. The van der Waals surface area contributed by atoms with E-state index in [4.69, 9.17) is 4.42 Å². The molecule has 0 spiro atoms. The first-order valence-corrected chi connectivity index (χ1v) is 5.56. The Morgan fingerprint density at radius 3 is 2.93 bits per heavy atom. The number of nitrogens with one attached hydrogen (secondary N) is 1. The van der Waals surface area contributed by atoms with E-state index in [0.29, 0.717) is 24.5 Å². The van der Waals surface area contributed by atoms with Gasteiger partial charge in [0.25, 0.3) is 0 Å². The first kappa shape index (κ1) is 10.4. The standard InChI is InChI=1S/C10H18N4O/c1-3-6-14(2)10-13-12-9(15-10)7-11-8-4-5-8/h8,11H,3-7H2,1-2H3. The number of aromatic nitrogens is 2. The minimum Gasteiger partial charge on any atom is -0.407 e. The third kappa shape index (κ3) is 2.92. The van der Waals surface area contributed by atoms with Gasteiger partial charge in [-0.3, -0.25) is 0 Å². The molecule has 15 heavy (non-hydrogen) atoms. The van der Waals surface area contributed by atoms with Gasteiger partial charge in [-0.2, -0.15) is 0 Å². The second kappa shape index (κ2) is 4.61. The van der Waals surface area contributed by atoms with Crippen molar-refractivity contribution < 1.29 is 4.42 Å². The summed E-state index contributed by atoms with van der Waals surface area (Å²) in [6.45, 7) is 3.76. The minimum absolute atomic E-state index is 0.615. The minimum atomic E-state index is 0.615. The van der Waals surface area contributed by atoms with E-state index >= 15 is 0 Å². The molecule has 1 fully saturated rings. The summed E-state index contributed by atoms with van der Waals surface area (Å²) in [4.78, 5) is 1.98. The van der Waals surface area contributed by atoms with Crippen LogP contribution in [-0.2, 0) is 6.54 Å². The average Bonchev–Trinajstić information content (AvgIpc) is 2.93. The summed E-state index contributed by atoms with van der Waals surface area (Å²) < 4.78 is 5.52. The van der Waals surface area contributed by atoms with Gasteiger partial charge >= 0.3 is 6.01 Å². The van der Waals surface area contributed by atoms with Crippen LogP contribution in [0.15, 0.2) is 4.42 Å². The van der Waals surface area contributed by atoms with Crippen LogP contribution < -0.4 is 10.2 Å². The molecule has 0 bridgehead atoms. The molecular weight excluding hydrogens is 192 g/mol. The smallest absolute Gasteiger partial charge is 0.317 e. The van der Waals surface area contributed by atoms with Crippen molar-refractivity contribution >= 4 is 6.01 Å². The van der Waals surface area contributed by atoms with E-state index in [1.165, 1.54) is 12.8 Å². The molecule has 1 heterocycles. The molecule has 1 N–H and O–H groups in total. The lowest BCUT2D eigenvalue weighted by Gasteiger charge is -2.11. The van der Waals surface area contributed by atoms with Gasteiger partial charge in [-0.1, -0.05) is 12.0 Å². The Balaban J connectivity index is 1.84. The quantitative estimate of drug-likeness (QED) is 0.763. The molecule has 0 amide bonds. The Morgan fingerprint density at radius 1 is 1.47 bits per heavy atom. The highest BCUT2D eigenvalue weighted by Crippen LogP contribution is 2.19. The van der Waals surface area contributed by atoms with E-state index in [1.54, 1.807) is 0 Å². The fourth-order valence-electron chi connectivity index (χ4n) is 1.42. The van der Waals surface area contributed by atoms with E-state index in [1.807, 2.05) is 11.9 Å². The number of anilines is 1. The number of hydrogen-bond donors (Lipinski definition) is 1. The summed E-state index contributed by atoms with van der Waals surface area (Å²) in [5, 5.41) is 11.3. The Kier molecular flexibility index (Phi) is 3.20. The van der Waals surface area contributed by atoms with Crippen LogP contribution in [-0.4, -0.2) is 29.8 Å². The van der Waals surface area contributed by atoms with Gasteiger partial charge < -0.3 is 14.6 Å². The third-order valence-corrected chi connectivity index (χ3v) is 2.46. The molecule has 1 aliphatic rings. The molecule has 0 unspecified atom stereocenters. The maximum Gasteiger partial charge on any atom is 0.317 e. The normalized spacial score (nSPS) is 15.6. The van der Waals surface area contributed by atoms with Crippen molar-refractivity contribution in [3.63, 3.8) is 0 Å². The fourth-order valence-corrected chi connectivity index (χ4v) is 1.42. The summed E-state index contributed by atoms with van der Waals surface area (Å²) in [7, 11) is 1.97. The summed E-state index contributed by atoms with van der Waals surface area (Å²) in [5.41, 5.74) is 0. The topological polar surface area (TPSA) is 54.2 Å². The molecule has 1 aromatic rings. The summed E-state index contributed by atoms with van der Waals surface area (Å²) in [5.74, 6) is 0.680. The molecule has 0 radical (unpaired) electrons. The first-order chi connectivity index (χ1) is 7.29. The van der Waals surface area contributed by atoms with E-state index in [0.717, 1.165) is 13.0 Å². The molecule has 2 rings (SSSR count). The highest BCUT2D eigenvalue weighted by atomic mass is 16.4. The van der Waals surface area contributed by atoms with Crippen molar-refractivity contribution in [3.8, 4) is 0 Å². The maximum atomic E-state index is 5.52. The Hall–Kier alpha value is -1.10. The van der Waals surface area contributed by atoms with E-state index < -0.39 is 0 Å². The lowest BCUT2D eigenvalue weighted by molar-refractivity contribution is 0.464. The summed E-state index contributed by atoms with van der Waals surface area (Å²) in [6, 6.07) is 1.29. The monoisotopic (exact) mass is 210 g/mol. The zero-order chi connectivity index (χ0) is 10.7. The van der Waals surface area contributed by atoms with E-state index in [-0.39, 0.29) is 0 Å². The van der Waals surface area contributed by atoms with Crippen molar-refractivity contribution in [2.24, 2.45) is 0 Å². The van der Waals surface area contributed by atoms with Gasteiger partial charge in [0.2, 0.25) is 5.89 Å². The number of nitrogens with zero attached hydrogens (tertiary/aromatic N) is 3. The lowest BCUT2D eigenvalue weighted by Crippen LogP contribution is -2.18. The van der Waals surface area contributed by atoms with Crippen LogP contribution in [0.2, 0.25) is 0 Å². The van der Waals surface area contributed by atoms with Gasteiger partial charge in [0, 0.05) is 19.6 Å². The molecular formula is C10H18N4O. The molecule has 84 valence electrons. The fraction of sp³-hybridized carbons (Fsp3) is 0.800. The van der Waals surface area contributed by atoms with Crippen LogP contribution in [0, 0.1) is 0 Å². The van der Waals surface area contributed by atoms with Crippen LogP contribution >= 0.6 is 0 Å². The molecule has 0 aliphatic heterocycles. The van der Waals surface area contributed by atoms with Crippen LogP contribution in [0.5, 0.6) is 0 Å². The predicted molar refractivity (Wildman–Crippen MR) is 57.7 cm³/mol. The number of rotatable bonds is 6. The van der Waals surface area contributed by atoms with Gasteiger partial charge in [0.05, 0.1) is 6.54 Å². The van der Waals surface area contributed by atoms with Crippen molar-refractivity contribution in [2.75, 3.05) is 18.5 Å². The van der Waals surface area contributed by atoms with Crippen LogP contribution in [0.3, 0.4) is 0 Å². The van der Waals surface area contributed by atoms with Crippen LogP contribution in [0.25, 0.3) is 0 Å². The van der Waals surface area contributed by atoms with Gasteiger partial charge in [-0.25, -0.2) is 0 Å². The second-order valence-corrected chi connectivity index (χ2v) is 4.06. The molecule has 1 aliphatic carbocycles. The van der Waals surface area contributed by atoms with Crippen molar-refractivity contribution in [1.29, 1.82) is 0 Å². The zero-order valence-corrected chi connectivity index (χ0v) is 9.36. The molecule has 5 nitrogen and oxygen atoms in total. The van der Waals surface area contributed by atoms with Crippen molar-refractivity contribution in [2.45, 2.75) is 38.8 Å². The molecule has 0 saturated heterocycles. The average molecular weight is 210 g/mol. The molecule has 5 heteroatoms. The van der Waals surface area contributed by atoms with Crippen molar-refractivity contribution in [1.82, 2.24) is 15.5 Å². The van der Waals surface area contributed by atoms with Crippen molar-refractivity contribution in [3.05, 3.63) is 5.89 Å². The SMILES string of the molecule is CCCN(C)c1nnc(CNC2CC2)o1. The van der Waals surface area contributed by atoms with E-state index in [2.05, 4.69) is 22.4 Å². The molecule has 0 aromatic carbocycles. The third-order valence-electron chi connectivity index (χ3n) is 2.46. The van der Waals surface area contributed by atoms with Gasteiger partial charge in [-0.15, -0.1) is 5.10 Å². The molecule has 1 saturated carbocycles. The van der Waals surface area contributed by atoms with Gasteiger partial charge in [0.1, 0.15) is 0 Å². The van der Waals surface area contributed by atoms with Gasteiger partial charge in [-0.05, 0) is 19.3 Å². The Bertz CT molecular complexity index is 308.